The second-order valence-corrected chi connectivity index (χ2v) is 4.67. The molecule has 1 atom stereocenters. The highest BCUT2D eigenvalue weighted by atomic mass is 19.2. The molecular formula is C13H19F2NO. The minimum Gasteiger partial charge on any atom is -0.387 e. The maximum absolute atomic E-state index is 13.5. The molecule has 0 aliphatic rings. The molecule has 96 valence electrons. The standard InChI is InChI=1S/C13H19F2NO/c1-8(2)6-16-7-11(17)10-5-4-9(3)12(14)13(10)15/h4-5,8,11,16-17H,6-7H2,1-3H3. The van der Waals surface area contributed by atoms with Crippen LogP contribution >= 0.6 is 0 Å². The Morgan fingerprint density at radius 1 is 1.18 bits per heavy atom. The second kappa shape index (κ2) is 6.07. The summed E-state index contributed by atoms with van der Waals surface area (Å²) in [5.41, 5.74) is 0.248. The van der Waals surface area contributed by atoms with Crippen LogP contribution in [0.5, 0.6) is 0 Å². The highest BCUT2D eigenvalue weighted by molar-refractivity contribution is 5.27. The summed E-state index contributed by atoms with van der Waals surface area (Å²) >= 11 is 0. The number of rotatable bonds is 5. The van der Waals surface area contributed by atoms with Gasteiger partial charge in [-0.1, -0.05) is 26.0 Å². The van der Waals surface area contributed by atoms with E-state index >= 15 is 0 Å². The van der Waals surface area contributed by atoms with Crippen LogP contribution < -0.4 is 5.32 Å². The lowest BCUT2D eigenvalue weighted by Crippen LogP contribution is -2.26. The van der Waals surface area contributed by atoms with E-state index < -0.39 is 17.7 Å². The van der Waals surface area contributed by atoms with E-state index in [-0.39, 0.29) is 17.7 Å². The third-order valence-corrected chi connectivity index (χ3v) is 2.55. The Hall–Kier alpha value is -1.00. The minimum atomic E-state index is -1.02. The van der Waals surface area contributed by atoms with Crippen molar-refractivity contribution in [3.05, 3.63) is 34.9 Å². The third kappa shape index (κ3) is 3.75. The van der Waals surface area contributed by atoms with Crippen LogP contribution in [0.2, 0.25) is 0 Å². The maximum atomic E-state index is 13.5. The van der Waals surface area contributed by atoms with Gasteiger partial charge in [-0.2, -0.15) is 0 Å². The summed E-state index contributed by atoms with van der Waals surface area (Å²) in [6.07, 6.45) is -1.02. The third-order valence-electron chi connectivity index (χ3n) is 2.55. The number of halogens is 2. The van der Waals surface area contributed by atoms with Crippen molar-refractivity contribution in [2.24, 2.45) is 5.92 Å². The average molecular weight is 243 g/mol. The largest absolute Gasteiger partial charge is 0.387 e. The first kappa shape index (κ1) is 14.1. The van der Waals surface area contributed by atoms with Crippen LogP contribution in [0.4, 0.5) is 8.78 Å². The van der Waals surface area contributed by atoms with Crippen LogP contribution in [0.3, 0.4) is 0 Å². The van der Waals surface area contributed by atoms with E-state index in [1.807, 2.05) is 13.8 Å². The van der Waals surface area contributed by atoms with Gasteiger partial charge in [-0.25, -0.2) is 8.78 Å². The van der Waals surface area contributed by atoms with Crippen LogP contribution in [0.25, 0.3) is 0 Å². The lowest BCUT2D eigenvalue weighted by Gasteiger charge is -2.15. The number of nitrogens with one attached hydrogen (secondary N) is 1. The number of benzene rings is 1. The van der Waals surface area contributed by atoms with Gasteiger partial charge in [-0.15, -0.1) is 0 Å². The fraction of sp³-hybridized carbons (Fsp3) is 0.538. The summed E-state index contributed by atoms with van der Waals surface area (Å²) in [6.45, 7) is 6.51. The Labute approximate surface area is 101 Å². The molecule has 0 aliphatic carbocycles. The molecule has 0 amide bonds. The molecule has 2 N–H and O–H groups in total. The molecule has 0 bridgehead atoms. The summed E-state index contributed by atoms with van der Waals surface area (Å²) in [5, 5.41) is 12.8. The zero-order valence-electron chi connectivity index (χ0n) is 10.4. The molecule has 0 saturated heterocycles. The van der Waals surface area contributed by atoms with Gasteiger partial charge < -0.3 is 10.4 Å². The monoisotopic (exact) mass is 243 g/mol. The van der Waals surface area contributed by atoms with E-state index in [1.165, 1.54) is 19.1 Å². The number of aryl methyl sites for hydroxylation is 1. The zero-order chi connectivity index (χ0) is 13.0. The van der Waals surface area contributed by atoms with Gasteiger partial charge in [0, 0.05) is 12.1 Å². The van der Waals surface area contributed by atoms with Crippen molar-refractivity contribution < 1.29 is 13.9 Å². The molecule has 17 heavy (non-hydrogen) atoms. The fourth-order valence-electron chi connectivity index (χ4n) is 1.54. The minimum absolute atomic E-state index is 0.00403. The molecule has 0 heterocycles. The normalized spacial score (nSPS) is 13.1. The molecule has 0 fully saturated rings. The van der Waals surface area contributed by atoms with E-state index in [0.717, 1.165) is 6.54 Å². The summed E-state index contributed by atoms with van der Waals surface area (Å²) < 4.78 is 26.8. The van der Waals surface area contributed by atoms with Gasteiger partial charge >= 0.3 is 0 Å². The molecule has 0 aromatic heterocycles. The molecule has 1 rings (SSSR count). The Morgan fingerprint density at radius 3 is 2.41 bits per heavy atom. The van der Waals surface area contributed by atoms with E-state index in [0.29, 0.717) is 5.92 Å². The number of aliphatic hydroxyl groups excluding tert-OH is 1. The van der Waals surface area contributed by atoms with Crippen molar-refractivity contribution in [2.45, 2.75) is 26.9 Å². The number of hydrogen-bond acceptors (Lipinski definition) is 2. The lowest BCUT2D eigenvalue weighted by atomic mass is 10.1. The topological polar surface area (TPSA) is 32.3 Å². The van der Waals surface area contributed by atoms with Gasteiger partial charge in [0.2, 0.25) is 0 Å². The fourth-order valence-corrected chi connectivity index (χ4v) is 1.54. The van der Waals surface area contributed by atoms with E-state index in [4.69, 9.17) is 0 Å². The van der Waals surface area contributed by atoms with Gasteiger partial charge in [0.1, 0.15) is 0 Å². The Bertz CT molecular complexity index is 380. The van der Waals surface area contributed by atoms with E-state index in [9.17, 15) is 13.9 Å². The van der Waals surface area contributed by atoms with Gasteiger partial charge in [0.25, 0.3) is 0 Å². The van der Waals surface area contributed by atoms with Crippen molar-refractivity contribution >= 4 is 0 Å². The molecule has 0 saturated carbocycles. The molecule has 1 aromatic carbocycles. The Kier molecular flexibility index (Phi) is 5.02. The average Bonchev–Trinajstić information content (AvgIpc) is 2.25. The second-order valence-electron chi connectivity index (χ2n) is 4.67. The van der Waals surface area contributed by atoms with Crippen LogP contribution in [0, 0.1) is 24.5 Å². The smallest absolute Gasteiger partial charge is 0.164 e. The van der Waals surface area contributed by atoms with Gasteiger partial charge in [0.05, 0.1) is 6.10 Å². The number of hydrogen-bond donors (Lipinski definition) is 2. The maximum Gasteiger partial charge on any atom is 0.164 e. The number of aliphatic hydroxyl groups is 1. The van der Waals surface area contributed by atoms with Crippen LogP contribution in [-0.2, 0) is 0 Å². The molecule has 0 aliphatic heterocycles. The summed E-state index contributed by atoms with van der Waals surface area (Å²) in [5.74, 6) is -1.39. The van der Waals surface area contributed by atoms with Crippen LogP contribution in [0.15, 0.2) is 12.1 Å². The lowest BCUT2D eigenvalue weighted by molar-refractivity contribution is 0.167. The highest BCUT2D eigenvalue weighted by Gasteiger charge is 2.17. The summed E-state index contributed by atoms with van der Waals surface area (Å²) in [6, 6.07) is 2.90. The Morgan fingerprint density at radius 2 is 1.82 bits per heavy atom. The summed E-state index contributed by atoms with van der Waals surface area (Å²) in [4.78, 5) is 0. The van der Waals surface area contributed by atoms with Crippen molar-refractivity contribution in [3.8, 4) is 0 Å². The van der Waals surface area contributed by atoms with Crippen molar-refractivity contribution in [3.63, 3.8) is 0 Å². The molecule has 0 radical (unpaired) electrons. The molecule has 0 spiro atoms. The molecule has 4 heteroatoms. The first-order valence-corrected chi connectivity index (χ1v) is 5.76. The Balaban J connectivity index is 2.69. The van der Waals surface area contributed by atoms with Gasteiger partial charge in [-0.05, 0) is 24.9 Å². The van der Waals surface area contributed by atoms with Crippen molar-refractivity contribution in [1.82, 2.24) is 5.32 Å². The quantitative estimate of drug-likeness (QED) is 0.833. The molecular weight excluding hydrogens is 224 g/mol. The van der Waals surface area contributed by atoms with E-state index in [2.05, 4.69) is 5.32 Å². The molecule has 1 aromatic rings. The first-order valence-electron chi connectivity index (χ1n) is 5.76. The first-order chi connectivity index (χ1) is 7.93. The SMILES string of the molecule is Cc1ccc(C(O)CNCC(C)C)c(F)c1F. The van der Waals surface area contributed by atoms with Crippen molar-refractivity contribution in [2.75, 3.05) is 13.1 Å². The van der Waals surface area contributed by atoms with Crippen LogP contribution in [0.1, 0.15) is 31.1 Å². The summed E-state index contributed by atoms with van der Waals surface area (Å²) in [7, 11) is 0. The molecule has 2 nitrogen and oxygen atoms in total. The van der Waals surface area contributed by atoms with E-state index in [1.54, 1.807) is 0 Å². The van der Waals surface area contributed by atoms with Gasteiger partial charge in [-0.3, -0.25) is 0 Å². The van der Waals surface area contributed by atoms with Crippen molar-refractivity contribution in [1.29, 1.82) is 0 Å². The predicted octanol–water partition coefficient (Wildman–Crippen LogP) is 2.55. The van der Waals surface area contributed by atoms with Gasteiger partial charge in [0.15, 0.2) is 11.6 Å². The predicted molar refractivity (Wildman–Crippen MR) is 63.8 cm³/mol. The molecule has 1 unspecified atom stereocenters. The van der Waals surface area contributed by atoms with Crippen LogP contribution in [-0.4, -0.2) is 18.2 Å². The zero-order valence-corrected chi connectivity index (χ0v) is 10.4. The highest BCUT2D eigenvalue weighted by Crippen LogP contribution is 2.21.